The summed E-state index contributed by atoms with van der Waals surface area (Å²) in [5.41, 5.74) is 0. The van der Waals surface area contributed by atoms with Gasteiger partial charge >= 0.3 is 0 Å². The van der Waals surface area contributed by atoms with Crippen LogP contribution in [0.4, 0.5) is 0 Å². The molecule has 2 heterocycles. The molecule has 1 aromatic heterocycles. The molecule has 1 aliphatic rings. The van der Waals surface area contributed by atoms with Gasteiger partial charge in [0.15, 0.2) is 0 Å². The standard InChI is InChI=1S/C12H16N2O3/c15-11-9-14(7-2-6-13-11)12(16)5-4-10-3-1-8-17-10/h1,3,8H,2,4-7,9H2,(H,13,15). The van der Waals surface area contributed by atoms with Gasteiger partial charge in [-0.3, -0.25) is 9.59 Å². The number of carbonyl (C=O) groups is 2. The lowest BCUT2D eigenvalue weighted by Gasteiger charge is -2.18. The highest BCUT2D eigenvalue weighted by Crippen LogP contribution is 2.06. The first-order valence-electron chi connectivity index (χ1n) is 5.82. The van der Waals surface area contributed by atoms with Crippen LogP contribution in [0.1, 0.15) is 18.6 Å². The van der Waals surface area contributed by atoms with E-state index in [1.54, 1.807) is 17.2 Å². The third-order valence-corrected chi connectivity index (χ3v) is 2.78. The Labute approximate surface area is 99.8 Å². The average molecular weight is 236 g/mol. The van der Waals surface area contributed by atoms with Gasteiger partial charge in [0, 0.05) is 25.9 Å². The van der Waals surface area contributed by atoms with Crippen molar-refractivity contribution in [2.75, 3.05) is 19.6 Å². The van der Waals surface area contributed by atoms with Crippen molar-refractivity contribution in [3.63, 3.8) is 0 Å². The molecule has 2 rings (SSSR count). The van der Waals surface area contributed by atoms with E-state index in [4.69, 9.17) is 4.42 Å². The Hall–Kier alpha value is -1.78. The molecule has 0 atom stereocenters. The predicted octanol–water partition coefficient (Wildman–Crippen LogP) is 0.561. The minimum absolute atomic E-state index is 0.0125. The number of aryl methyl sites for hydroxylation is 1. The molecular weight excluding hydrogens is 220 g/mol. The van der Waals surface area contributed by atoms with Crippen LogP contribution in [0, 0.1) is 0 Å². The summed E-state index contributed by atoms with van der Waals surface area (Å²) >= 11 is 0. The van der Waals surface area contributed by atoms with E-state index in [1.165, 1.54) is 0 Å². The molecule has 0 radical (unpaired) electrons. The zero-order valence-corrected chi connectivity index (χ0v) is 9.65. The summed E-state index contributed by atoms with van der Waals surface area (Å²) in [6, 6.07) is 3.65. The Morgan fingerprint density at radius 1 is 1.53 bits per heavy atom. The van der Waals surface area contributed by atoms with Gasteiger partial charge < -0.3 is 14.6 Å². The van der Waals surface area contributed by atoms with Crippen LogP contribution in [0.25, 0.3) is 0 Å². The van der Waals surface area contributed by atoms with E-state index in [0.29, 0.717) is 25.9 Å². The molecule has 1 N–H and O–H groups in total. The largest absolute Gasteiger partial charge is 0.469 e. The molecule has 0 saturated carbocycles. The minimum atomic E-state index is -0.0751. The van der Waals surface area contributed by atoms with E-state index in [1.807, 2.05) is 6.07 Å². The molecule has 1 fully saturated rings. The minimum Gasteiger partial charge on any atom is -0.469 e. The van der Waals surface area contributed by atoms with Gasteiger partial charge in [0.2, 0.25) is 11.8 Å². The van der Waals surface area contributed by atoms with E-state index in [-0.39, 0.29) is 18.4 Å². The van der Waals surface area contributed by atoms with Crippen molar-refractivity contribution in [1.29, 1.82) is 0 Å². The quantitative estimate of drug-likeness (QED) is 0.834. The Bertz CT molecular complexity index is 386. The van der Waals surface area contributed by atoms with E-state index >= 15 is 0 Å². The maximum absolute atomic E-state index is 11.9. The highest BCUT2D eigenvalue weighted by Gasteiger charge is 2.19. The van der Waals surface area contributed by atoms with Crippen LogP contribution in [0.3, 0.4) is 0 Å². The zero-order chi connectivity index (χ0) is 12.1. The Morgan fingerprint density at radius 2 is 2.41 bits per heavy atom. The fourth-order valence-electron chi connectivity index (χ4n) is 1.86. The van der Waals surface area contributed by atoms with Crippen LogP contribution in [0.15, 0.2) is 22.8 Å². The smallest absolute Gasteiger partial charge is 0.239 e. The van der Waals surface area contributed by atoms with Crippen molar-refractivity contribution < 1.29 is 14.0 Å². The lowest BCUT2D eigenvalue weighted by atomic mass is 10.2. The van der Waals surface area contributed by atoms with Crippen molar-refractivity contribution in [2.45, 2.75) is 19.3 Å². The van der Waals surface area contributed by atoms with Gasteiger partial charge in [-0.2, -0.15) is 0 Å². The van der Waals surface area contributed by atoms with E-state index < -0.39 is 0 Å². The number of rotatable bonds is 3. The highest BCUT2D eigenvalue weighted by molar-refractivity contribution is 5.85. The number of carbonyl (C=O) groups excluding carboxylic acids is 2. The van der Waals surface area contributed by atoms with Crippen LogP contribution < -0.4 is 5.32 Å². The molecule has 0 bridgehead atoms. The molecule has 0 unspecified atom stereocenters. The molecule has 92 valence electrons. The molecule has 2 amide bonds. The van der Waals surface area contributed by atoms with E-state index in [9.17, 15) is 9.59 Å². The third-order valence-electron chi connectivity index (χ3n) is 2.78. The Kier molecular flexibility index (Phi) is 3.80. The van der Waals surface area contributed by atoms with Gasteiger partial charge in [0.05, 0.1) is 12.8 Å². The number of furan rings is 1. The van der Waals surface area contributed by atoms with Crippen LogP contribution in [-0.4, -0.2) is 36.3 Å². The Balaban J connectivity index is 1.84. The molecular formula is C12H16N2O3. The summed E-state index contributed by atoms with van der Waals surface area (Å²) in [6.07, 6.45) is 3.39. The monoisotopic (exact) mass is 236 g/mol. The first-order chi connectivity index (χ1) is 8.25. The zero-order valence-electron chi connectivity index (χ0n) is 9.65. The summed E-state index contributed by atoms with van der Waals surface area (Å²) in [5.74, 6) is 0.741. The van der Waals surface area contributed by atoms with Crippen molar-refractivity contribution in [3.05, 3.63) is 24.2 Å². The fraction of sp³-hybridized carbons (Fsp3) is 0.500. The van der Waals surface area contributed by atoms with Crippen molar-refractivity contribution in [2.24, 2.45) is 0 Å². The third kappa shape index (κ3) is 3.34. The topological polar surface area (TPSA) is 62.6 Å². The summed E-state index contributed by atoms with van der Waals surface area (Å²) < 4.78 is 5.17. The molecule has 0 spiro atoms. The van der Waals surface area contributed by atoms with Gasteiger partial charge in [-0.05, 0) is 18.6 Å². The summed E-state index contributed by atoms with van der Waals surface area (Å²) in [7, 11) is 0. The molecule has 1 saturated heterocycles. The summed E-state index contributed by atoms with van der Waals surface area (Å²) in [6.45, 7) is 1.48. The van der Waals surface area contributed by atoms with Crippen LogP contribution in [0.5, 0.6) is 0 Å². The van der Waals surface area contributed by atoms with Crippen LogP contribution in [0.2, 0.25) is 0 Å². The predicted molar refractivity (Wildman–Crippen MR) is 61.2 cm³/mol. The summed E-state index contributed by atoms with van der Waals surface area (Å²) in [5, 5.41) is 2.75. The molecule has 1 aliphatic heterocycles. The molecule has 0 aliphatic carbocycles. The number of hydrogen-bond donors (Lipinski definition) is 1. The van der Waals surface area contributed by atoms with E-state index in [2.05, 4.69) is 5.32 Å². The van der Waals surface area contributed by atoms with Crippen molar-refractivity contribution in [3.8, 4) is 0 Å². The maximum atomic E-state index is 11.9. The molecule has 17 heavy (non-hydrogen) atoms. The van der Waals surface area contributed by atoms with Crippen molar-refractivity contribution >= 4 is 11.8 Å². The van der Waals surface area contributed by atoms with Gasteiger partial charge in [0.25, 0.3) is 0 Å². The molecule has 5 nitrogen and oxygen atoms in total. The molecule has 1 aromatic rings. The number of amides is 2. The average Bonchev–Trinajstić information content (AvgIpc) is 2.74. The van der Waals surface area contributed by atoms with Gasteiger partial charge in [-0.25, -0.2) is 0 Å². The Morgan fingerprint density at radius 3 is 3.18 bits per heavy atom. The number of nitrogens with one attached hydrogen (secondary N) is 1. The van der Waals surface area contributed by atoms with Gasteiger partial charge in [-0.1, -0.05) is 0 Å². The lowest BCUT2D eigenvalue weighted by Crippen LogP contribution is -2.37. The first-order valence-corrected chi connectivity index (χ1v) is 5.82. The second-order valence-corrected chi connectivity index (χ2v) is 4.10. The second kappa shape index (κ2) is 5.52. The lowest BCUT2D eigenvalue weighted by molar-refractivity contribution is -0.135. The van der Waals surface area contributed by atoms with Crippen molar-refractivity contribution in [1.82, 2.24) is 10.2 Å². The number of nitrogens with zero attached hydrogens (tertiary/aromatic N) is 1. The maximum Gasteiger partial charge on any atom is 0.239 e. The SMILES string of the molecule is O=C1CN(C(=O)CCc2ccco2)CCCN1. The normalized spacial score (nSPS) is 16.5. The molecule has 0 aromatic carbocycles. The van der Waals surface area contributed by atoms with Crippen LogP contribution >= 0.6 is 0 Å². The summed E-state index contributed by atoms with van der Waals surface area (Å²) in [4.78, 5) is 24.8. The van der Waals surface area contributed by atoms with Gasteiger partial charge in [-0.15, -0.1) is 0 Å². The van der Waals surface area contributed by atoms with Crippen LogP contribution in [-0.2, 0) is 16.0 Å². The number of hydrogen-bond acceptors (Lipinski definition) is 3. The highest BCUT2D eigenvalue weighted by atomic mass is 16.3. The second-order valence-electron chi connectivity index (χ2n) is 4.10. The fourth-order valence-corrected chi connectivity index (χ4v) is 1.86. The molecule has 5 heteroatoms. The van der Waals surface area contributed by atoms with Gasteiger partial charge in [0.1, 0.15) is 5.76 Å². The first kappa shape index (κ1) is 11.7. The van der Waals surface area contributed by atoms with E-state index in [0.717, 1.165) is 12.2 Å².